The molecule has 0 bridgehead atoms. The van der Waals surface area contributed by atoms with Crippen LogP contribution in [-0.4, -0.2) is 35.2 Å². The number of fused-ring (bicyclic) bond motifs is 1. The van der Waals surface area contributed by atoms with Crippen molar-refractivity contribution in [2.45, 2.75) is 37.7 Å². The van der Waals surface area contributed by atoms with Crippen LogP contribution >= 0.6 is 0 Å². The van der Waals surface area contributed by atoms with E-state index < -0.39 is 5.60 Å². The van der Waals surface area contributed by atoms with Crippen molar-refractivity contribution >= 4 is 17.3 Å². The molecule has 2 N–H and O–H groups in total. The third-order valence-corrected chi connectivity index (χ3v) is 5.37. The minimum Gasteiger partial charge on any atom is -0.378 e. The van der Waals surface area contributed by atoms with Gasteiger partial charge in [-0.2, -0.15) is 0 Å². The maximum Gasteiger partial charge on any atom is 0.269 e. The normalized spacial score (nSPS) is 17.2. The first kappa shape index (κ1) is 17.6. The van der Waals surface area contributed by atoms with E-state index in [-0.39, 0.29) is 5.91 Å². The summed E-state index contributed by atoms with van der Waals surface area (Å²) >= 11 is 0. The Labute approximate surface area is 159 Å². The van der Waals surface area contributed by atoms with E-state index in [4.69, 9.17) is 0 Å². The molecule has 2 heterocycles. The van der Waals surface area contributed by atoms with Crippen LogP contribution in [0, 0.1) is 11.8 Å². The highest BCUT2D eigenvalue weighted by Crippen LogP contribution is 2.35. The van der Waals surface area contributed by atoms with Gasteiger partial charge in [0, 0.05) is 36.7 Å². The number of aromatic nitrogens is 1. The topological polar surface area (TPSA) is 65.5 Å². The van der Waals surface area contributed by atoms with Gasteiger partial charge in [-0.1, -0.05) is 17.9 Å². The van der Waals surface area contributed by atoms with E-state index >= 15 is 0 Å². The summed E-state index contributed by atoms with van der Waals surface area (Å²) in [6, 6.07) is 9.94. The van der Waals surface area contributed by atoms with Gasteiger partial charge in [0.05, 0.1) is 0 Å². The largest absolute Gasteiger partial charge is 0.378 e. The van der Waals surface area contributed by atoms with Gasteiger partial charge in [-0.25, -0.2) is 0 Å². The van der Waals surface area contributed by atoms with Gasteiger partial charge < -0.3 is 15.3 Å². The predicted octanol–water partition coefficient (Wildman–Crippen LogP) is 2.79. The number of anilines is 2. The fraction of sp³-hybridized carbons (Fsp3) is 0.364. The van der Waals surface area contributed by atoms with Crippen molar-refractivity contribution in [1.29, 1.82) is 0 Å². The number of nitrogens with one attached hydrogen (secondary N) is 1. The van der Waals surface area contributed by atoms with Crippen LogP contribution in [0.25, 0.3) is 0 Å². The molecule has 0 saturated heterocycles. The molecule has 2 aromatic rings. The summed E-state index contributed by atoms with van der Waals surface area (Å²) in [5, 5.41) is 13.1. The Morgan fingerprint density at radius 2 is 2.07 bits per heavy atom. The Balaban J connectivity index is 1.64. The van der Waals surface area contributed by atoms with Crippen LogP contribution in [0.2, 0.25) is 0 Å². The lowest BCUT2D eigenvalue weighted by Gasteiger charge is -2.20. The number of carbonyl (C=O) groups excluding carboxylic acids is 1. The standard InChI is InChI=1S/C22H23N3O2/c1-23-21(26)19-15-18(7-12-24-19)25-13-8-17-5-4-16(14-20(17)25)6-11-22(27)9-2-3-10-22/h4-5,7,12,14-15,27H,2-3,8-10,13H2,1H3,(H,23,26). The third kappa shape index (κ3) is 3.54. The molecule has 1 aromatic heterocycles. The van der Waals surface area contributed by atoms with E-state index in [0.29, 0.717) is 5.69 Å². The Bertz CT molecular complexity index is 936. The summed E-state index contributed by atoms with van der Waals surface area (Å²) < 4.78 is 0. The Kier molecular flexibility index (Phi) is 4.59. The average molecular weight is 361 g/mol. The number of hydrogen-bond acceptors (Lipinski definition) is 4. The zero-order chi connectivity index (χ0) is 18.9. The fourth-order valence-corrected chi connectivity index (χ4v) is 3.84. The molecule has 1 aliphatic carbocycles. The van der Waals surface area contributed by atoms with Crippen molar-refractivity contribution in [3.8, 4) is 11.8 Å². The summed E-state index contributed by atoms with van der Waals surface area (Å²) in [4.78, 5) is 18.2. The number of nitrogens with zero attached hydrogens (tertiary/aromatic N) is 2. The molecule has 1 saturated carbocycles. The molecular formula is C22H23N3O2. The summed E-state index contributed by atoms with van der Waals surface area (Å²) in [6.07, 6.45) is 6.21. The highest BCUT2D eigenvalue weighted by molar-refractivity contribution is 5.93. The number of amides is 1. The lowest BCUT2D eigenvalue weighted by atomic mass is 10.0. The van der Waals surface area contributed by atoms with Crippen LogP contribution in [0.4, 0.5) is 11.4 Å². The molecule has 0 spiro atoms. The molecule has 27 heavy (non-hydrogen) atoms. The van der Waals surface area contributed by atoms with Gasteiger partial charge >= 0.3 is 0 Å². The molecule has 0 atom stereocenters. The van der Waals surface area contributed by atoms with Gasteiger partial charge in [-0.05, 0) is 61.9 Å². The maximum atomic E-state index is 11.9. The SMILES string of the molecule is CNC(=O)c1cc(N2CCc3ccc(C#CC4(O)CCCC4)cc32)ccn1. The predicted molar refractivity (Wildman–Crippen MR) is 105 cm³/mol. The zero-order valence-corrected chi connectivity index (χ0v) is 15.5. The van der Waals surface area contributed by atoms with Gasteiger partial charge in [-0.15, -0.1) is 0 Å². The van der Waals surface area contributed by atoms with Gasteiger partial charge in [0.25, 0.3) is 5.91 Å². The van der Waals surface area contributed by atoms with Crippen molar-refractivity contribution in [2.24, 2.45) is 0 Å². The lowest BCUT2D eigenvalue weighted by molar-refractivity contribution is 0.0958. The van der Waals surface area contributed by atoms with Gasteiger partial charge in [-0.3, -0.25) is 9.78 Å². The van der Waals surface area contributed by atoms with E-state index in [1.807, 2.05) is 18.2 Å². The second-order valence-corrected chi connectivity index (χ2v) is 7.21. The van der Waals surface area contributed by atoms with E-state index in [9.17, 15) is 9.90 Å². The lowest BCUT2D eigenvalue weighted by Crippen LogP contribution is -2.21. The highest BCUT2D eigenvalue weighted by Gasteiger charge is 2.28. The van der Waals surface area contributed by atoms with Gasteiger partial charge in [0.1, 0.15) is 11.3 Å². The van der Waals surface area contributed by atoms with Crippen molar-refractivity contribution < 1.29 is 9.90 Å². The molecular weight excluding hydrogens is 338 g/mol. The Morgan fingerprint density at radius 3 is 2.85 bits per heavy atom. The Morgan fingerprint density at radius 1 is 1.26 bits per heavy atom. The molecule has 138 valence electrons. The molecule has 2 aliphatic rings. The first-order valence-corrected chi connectivity index (χ1v) is 9.42. The quantitative estimate of drug-likeness (QED) is 0.808. The van der Waals surface area contributed by atoms with E-state index in [2.05, 4.69) is 39.2 Å². The summed E-state index contributed by atoms with van der Waals surface area (Å²) in [5.74, 6) is 6.05. The summed E-state index contributed by atoms with van der Waals surface area (Å²) in [7, 11) is 1.60. The molecule has 0 unspecified atom stereocenters. The van der Waals surface area contributed by atoms with Gasteiger partial charge in [0.15, 0.2) is 0 Å². The fourth-order valence-electron chi connectivity index (χ4n) is 3.84. The second-order valence-electron chi connectivity index (χ2n) is 7.21. The minimum atomic E-state index is -0.827. The number of rotatable bonds is 2. The second kappa shape index (κ2) is 7.05. The molecule has 5 heteroatoms. The summed E-state index contributed by atoms with van der Waals surface area (Å²) in [5.41, 5.74) is 3.80. The van der Waals surface area contributed by atoms with E-state index in [1.54, 1.807) is 13.2 Å². The van der Waals surface area contributed by atoms with Crippen molar-refractivity contribution in [1.82, 2.24) is 10.3 Å². The molecule has 5 nitrogen and oxygen atoms in total. The van der Waals surface area contributed by atoms with Crippen LogP contribution in [0.1, 0.15) is 47.3 Å². The van der Waals surface area contributed by atoms with Crippen molar-refractivity contribution in [3.63, 3.8) is 0 Å². The number of hydrogen-bond donors (Lipinski definition) is 2. The van der Waals surface area contributed by atoms with Crippen LogP contribution in [-0.2, 0) is 6.42 Å². The molecule has 1 amide bonds. The van der Waals surface area contributed by atoms with E-state index in [1.165, 1.54) is 5.56 Å². The number of benzene rings is 1. The zero-order valence-electron chi connectivity index (χ0n) is 15.5. The summed E-state index contributed by atoms with van der Waals surface area (Å²) in [6.45, 7) is 0.855. The van der Waals surface area contributed by atoms with Crippen LogP contribution in [0.3, 0.4) is 0 Å². The highest BCUT2D eigenvalue weighted by atomic mass is 16.3. The van der Waals surface area contributed by atoms with Crippen molar-refractivity contribution in [2.75, 3.05) is 18.5 Å². The minimum absolute atomic E-state index is 0.194. The Hall–Kier alpha value is -2.84. The van der Waals surface area contributed by atoms with Crippen LogP contribution in [0.15, 0.2) is 36.5 Å². The first-order chi connectivity index (χ1) is 13.1. The first-order valence-electron chi connectivity index (χ1n) is 9.42. The number of pyridine rings is 1. The molecule has 0 radical (unpaired) electrons. The molecule has 4 rings (SSSR count). The molecule has 1 aliphatic heterocycles. The third-order valence-electron chi connectivity index (χ3n) is 5.37. The number of aliphatic hydroxyl groups is 1. The van der Waals surface area contributed by atoms with E-state index in [0.717, 1.165) is 55.6 Å². The van der Waals surface area contributed by atoms with Crippen LogP contribution < -0.4 is 10.2 Å². The average Bonchev–Trinajstić information content (AvgIpc) is 3.32. The maximum absolute atomic E-state index is 11.9. The molecule has 1 fully saturated rings. The number of carbonyl (C=O) groups is 1. The van der Waals surface area contributed by atoms with Crippen LogP contribution in [0.5, 0.6) is 0 Å². The molecule has 1 aromatic carbocycles. The van der Waals surface area contributed by atoms with Gasteiger partial charge in [0.2, 0.25) is 0 Å². The van der Waals surface area contributed by atoms with Crippen molar-refractivity contribution in [3.05, 3.63) is 53.3 Å². The monoisotopic (exact) mass is 361 g/mol. The smallest absolute Gasteiger partial charge is 0.269 e.